The second-order valence-corrected chi connectivity index (χ2v) is 7.48. The van der Waals surface area contributed by atoms with Crippen LogP contribution in [0.5, 0.6) is 5.06 Å². The molecule has 1 atom stereocenters. The van der Waals surface area contributed by atoms with Gasteiger partial charge in [-0.15, -0.1) is 23.7 Å². The van der Waals surface area contributed by atoms with Crippen LogP contribution in [0.2, 0.25) is 5.02 Å². The number of carboxylic acid groups (broad SMARTS) is 1. The maximum atomic E-state index is 11.8. The lowest BCUT2D eigenvalue weighted by Gasteiger charge is -2.32. The molecule has 0 radical (unpaired) electrons. The molecule has 5 nitrogen and oxygen atoms in total. The Morgan fingerprint density at radius 1 is 1.38 bits per heavy atom. The molecule has 0 unspecified atom stereocenters. The summed E-state index contributed by atoms with van der Waals surface area (Å²) in [5.74, 6) is -1.21. The normalized spacial score (nSPS) is 14.8. The molecule has 0 bridgehead atoms. The van der Waals surface area contributed by atoms with E-state index in [4.69, 9.17) is 16.3 Å². The maximum Gasteiger partial charge on any atom is 0.321 e. The van der Waals surface area contributed by atoms with Crippen molar-refractivity contribution in [2.75, 3.05) is 6.54 Å². The molecule has 2 aromatic rings. The van der Waals surface area contributed by atoms with Crippen molar-refractivity contribution in [3.63, 3.8) is 0 Å². The highest BCUT2D eigenvalue weighted by Crippen LogP contribution is 2.34. The van der Waals surface area contributed by atoms with Gasteiger partial charge in [0.25, 0.3) is 0 Å². The smallest absolute Gasteiger partial charge is 0.321 e. The Morgan fingerprint density at radius 2 is 2.12 bits per heavy atom. The molecule has 0 spiro atoms. The Bertz CT molecular complexity index is 808. The average Bonchev–Trinajstić information content (AvgIpc) is 2.94. The summed E-state index contributed by atoms with van der Waals surface area (Å²) in [6, 6.07) is 8.51. The molecule has 8 heteroatoms. The number of esters is 1. The number of benzene rings is 1. The van der Waals surface area contributed by atoms with Gasteiger partial charge in [-0.1, -0.05) is 29.8 Å². The molecule has 2 heterocycles. The van der Waals surface area contributed by atoms with Crippen molar-refractivity contribution in [3.8, 4) is 5.06 Å². The minimum atomic E-state index is -0.862. The van der Waals surface area contributed by atoms with Crippen LogP contribution >= 0.6 is 35.3 Å². The maximum absolute atomic E-state index is 11.8. The van der Waals surface area contributed by atoms with Crippen molar-refractivity contribution in [1.29, 1.82) is 0 Å². The Morgan fingerprint density at radius 3 is 2.77 bits per heavy atom. The van der Waals surface area contributed by atoms with Gasteiger partial charge in [0.05, 0.1) is 0 Å². The van der Waals surface area contributed by atoms with Gasteiger partial charge in [-0.3, -0.25) is 14.5 Å². The molecule has 1 aromatic carbocycles. The molecule has 1 aromatic heterocycles. The summed E-state index contributed by atoms with van der Waals surface area (Å²) in [7, 11) is 0. The van der Waals surface area contributed by atoms with Gasteiger partial charge in [-0.05, 0) is 29.7 Å². The van der Waals surface area contributed by atoms with E-state index in [1.54, 1.807) is 6.07 Å². The molecule has 140 valence electrons. The van der Waals surface area contributed by atoms with E-state index < -0.39 is 12.0 Å². The first kappa shape index (κ1) is 20.7. The summed E-state index contributed by atoms with van der Waals surface area (Å²) in [5, 5.41) is 10.8. The van der Waals surface area contributed by atoms with Gasteiger partial charge in [0.2, 0.25) is 0 Å². The summed E-state index contributed by atoms with van der Waals surface area (Å²) < 4.78 is 5.15. The molecular formula is C18H19Cl2NO4S. The van der Waals surface area contributed by atoms with E-state index in [-0.39, 0.29) is 18.4 Å². The number of halogens is 2. The number of aliphatic carboxylic acids is 1. The second-order valence-electron chi connectivity index (χ2n) is 5.98. The van der Waals surface area contributed by atoms with Gasteiger partial charge < -0.3 is 9.84 Å². The van der Waals surface area contributed by atoms with E-state index in [0.29, 0.717) is 29.6 Å². The number of carboxylic acids is 1. The van der Waals surface area contributed by atoms with Gasteiger partial charge in [0.15, 0.2) is 5.06 Å². The number of hydrogen-bond acceptors (Lipinski definition) is 5. The summed E-state index contributed by atoms with van der Waals surface area (Å²) in [6.45, 7) is 2.54. The highest BCUT2D eigenvalue weighted by molar-refractivity contribution is 7.14. The van der Waals surface area contributed by atoms with E-state index in [9.17, 15) is 14.7 Å². The number of carbonyl (C=O) groups is 2. The molecule has 1 N–H and O–H groups in total. The molecular weight excluding hydrogens is 397 g/mol. The number of ether oxygens (including phenoxy) is 1. The van der Waals surface area contributed by atoms with Crippen LogP contribution in [0.25, 0.3) is 0 Å². The first-order chi connectivity index (χ1) is 11.9. The largest absolute Gasteiger partial charge is 0.480 e. The van der Waals surface area contributed by atoms with Crippen LogP contribution in [0.3, 0.4) is 0 Å². The van der Waals surface area contributed by atoms with Crippen LogP contribution < -0.4 is 4.74 Å². The molecule has 1 aliphatic heterocycles. The molecule has 26 heavy (non-hydrogen) atoms. The lowest BCUT2D eigenvalue weighted by molar-refractivity contribution is -0.143. The Labute approximate surface area is 166 Å². The van der Waals surface area contributed by atoms with Crippen LogP contribution in [0.4, 0.5) is 0 Å². The predicted octanol–water partition coefficient (Wildman–Crippen LogP) is 3.80. The standard InChI is InChI=1S/C18H18ClNO4S.ClH/c1-11(21)24-17-9-13-10-20(7-6-16(13)25-17)15(18(22)23)8-12-4-2-3-5-14(12)19;/h2-5,9,15H,6-8,10H2,1H3,(H,22,23);1H/t15-;/m0./s1. The molecule has 0 fully saturated rings. The van der Waals surface area contributed by atoms with Crippen LogP contribution in [-0.4, -0.2) is 34.5 Å². The number of rotatable bonds is 5. The fraction of sp³-hybridized carbons (Fsp3) is 0.333. The zero-order valence-electron chi connectivity index (χ0n) is 14.1. The van der Waals surface area contributed by atoms with E-state index >= 15 is 0 Å². The number of nitrogens with zero attached hydrogens (tertiary/aromatic N) is 1. The number of hydrogen-bond donors (Lipinski definition) is 1. The van der Waals surface area contributed by atoms with Gasteiger partial charge in [-0.25, -0.2) is 0 Å². The third-order valence-electron chi connectivity index (χ3n) is 4.21. The van der Waals surface area contributed by atoms with Gasteiger partial charge >= 0.3 is 11.9 Å². The van der Waals surface area contributed by atoms with Crippen molar-refractivity contribution >= 4 is 47.3 Å². The van der Waals surface area contributed by atoms with Crippen molar-refractivity contribution in [3.05, 3.63) is 51.4 Å². The number of carbonyl (C=O) groups excluding carboxylic acids is 1. The quantitative estimate of drug-likeness (QED) is 0.752. The van der Waals surface area contributed by atoms with Crippen LogP contribution in [0.15, 0.2) is 30.3 Å². The summed E-state index contributed by atoms with van der Waals surface area (Å²) in [6.07, 6.45) is 1.10. The van der Waals surface area contributed by atoms with Gasteiger partial charge in [0.1, 0.15) is 6.04 Å². The highest BCUT2D eigenvalue weighted by Gasteiger charge is 2.30. The van der Waals surface area contributed by atoms with E-state index in [1.807, 2.05) is 29.2 Å². The van der Waals surface area contributed by atoms with Crippen molar-refractivity contribution < 1.29 is 19.4 Å². The van der Waals surface area contributed by atoms with Crippen LogP contribution in [-0.2, 0) is 29.0 Å². The Kier molecular flexibility index (Phi) is 7.06. The van der Waals surface area contributed by atoms with Crippen molar-refractivity contribution in [1.82, 2.24) is 4.90 Å². The summed E-state index contributed by atoms with van der Waals surface area (Å²) in [5.41, 5.74) is 1.85. The second kappa shape index (κ2) is 8.86. The van der Waals surface area contributed by atoms with Crippen molar-refractivity contribution in [2.45, 2.75) is 32.4 Å². The number of thiophene rings is 1. The van der Waals surface area contributed by atoms with E-state index in [1.165, 1.54) is 18.3 Å². The van der Waals surface area contributed by atoms with Crippen molar-refractivity contribution in [2.24, 2.45) is 0 Å². The van der Waals surface area contributed by atoms with E-state index in [2.05, 4.69) is 0 Å². The lowest BCUT2D eigenvalue weighted by Crippen LogP contribution is -2.45. The van der Waals surface area contributed by atoms with Crippen LogP contribution in [0, 0.1) is 0 Å². The minimum Gasteiger partial charge on any atom is -0.480 e. The molecule has 3 rings (SSSR count). The molecule has 1 aliphatic rings. The zero-order valence-corrected chi connectivity index (χ0v) is 16.5. The third kappa shape index (κ3) is 4.76. The van der Waals surface area contributed by atoms with Crippen LogP contribution in [0.1, 0.15) is 22.9 Å². The third-order valence-corrected chi connectivity index (χ3v) is 5.70. The Hall–Kier alpha value is -1.60. The topological polar surface area (TPSA) is 66.8 Å². The zero-order chi connectivity index (χ0) is 18.0. The SMILES string of the molecule is CC(=O)Oc1cc2c(s1)CCN([C@@H](Cc1ccccc1Cl)C(=O)O)C2.Cl. The lowest BCUT2D eigenvalue weighted by atomic mass is 10.0. The van der Waals surface area contributed by atoms with Gasteiger partial charge in [-0.2, -0.15) is 0 Å². The fourth-order valence-electron chi connectivity index (χ4n) is 3.03. The Balaban J connectivity index is 0.00000243. The summed E-state index contributed by atoms with van der Waals surface area (Å²) in [4.78, 5) is 26.0. The first-order valence-corrected chi connectivity index (χ1v) is 9.13. The monoisotopic (exact) mass is 415 g/mol. The molecule has 0 amide bonds. The minimum absolute atomic E-state index is 0. The predicted molar refractivity (Wildman–Crippen MR) is 104 cm³/mol. The van der Waals surface area contributed by atoms with E-state index in [0.717, 1.165) is 22.4 Å². The fourth-order valence-corrected chi connectivity index (χ4v) is 4.29. The summed E-state index contributed by atoms with van der Waals surface area (Å²) >= 11 is 7.64. The van der Waals surface area contributed by atoms with Gasteiger partial charge in [0, 0.05) is 36.3 Å². The average molecular weight is 416 g/mol. The molecule has 0 aliphatic carbocycles. The molecule has 0 saturated carbocycles. The molecule has 0 saturated heterocycles. The highest BCUT2D eigenvalue weighted by atomic mass is 35.5. The first-order valence-electron chi connectivity index (χ1n) is 7.94. The number of fused-ring (bicyclic) bond motifs is 1.